The molecule has 29 heavy (non-hydrogen) atoms. The van der Waals surface area contributed by atoms with Gasteiger partial charge in [-0.2, -0.15) is 0 Å². The fraction of sp³-hybridized carbons (Fsp3) is 0.423. The summed E-state index contributed by atoms with van der Waals surface area (Å²) < 4.78 is 0. The monoisotopic (exact) mass is 392 g/mol. The van der Waals surface area contributed by atoms with Crippen LogP contribution in [0.5, 0.6) is 0 Å². The largest absolute Gasteiger partial charge is 0.478 e. The average Bonchev–Trinajstić information content (AvgIpc) is 2.65. The minimum atomic E-state index is -0.958. The molecule has 1 aliphatic rings. The zero-order valence-electron chi connectivity index (χ0n) is 18.2. The van der Waals surface area contributed by atoms with Crippen molar-refractivity contribution < 1.29 is 15.0 Å². The van der Waals surface area contributed by atoms with E-state index in [0.29, 0.717) is 12.0 Å². The van der Waals surface area contributed by atoms with E-state index in [4.69, 9.17) is 0 Å². The summed E-state index contributed by atoms with van der Waals surface area (Å²) >= 11 is 0. The van der Waals surface area contributed by atoms with Gasteiger partial charge in [-0.15, -0.1) is 0 Å². The van der Waals surface area contributed by atoms with Crippen LogP contribution in [-0.4, -0.2) is 22.8 Å². The van der Waals surface area contributed by atoms with Crippen molar-refractivity contribution in [2.45, 2.75) is 64.7 Å². The number of hydrogen-bond acceptors (Lipinski definition) is 2. The van der Waals surface area contributed by atoms with Gasteiger partial charge in [-0.3, -0.25) is 0 Å². The Morgan fingerprint density at radius 1 is 1.00 bits per heavy atom. The molecule has 0 aliphatic heterocycles. The summed E-state index contributed by atoms with van der Waals surface area (Å²) in [5.41, 5.74) is 7.45. The Hall–Kier alpha value is -2.39. The summed E-state index contributed by atoms with van der Waals surface area (Å²) in [6, 6.07) is 12.2. The number of fused-ring (bicyclic) bond motifs is 1. The van der Waals surface area contributed by atoms with Crippen molar-refractivity contribution in [3.63, 3.8) is 0 Å². The molecular formula is C26H32O3. The maximum Gasteiger partial charge on any atom is 0.335 e. The van der Waals surface area contributed by atoms with Crippen LogP contribution in [0.4, 0.5) is 0 Å². The zero-order chi connectivity index (χ0) is 21.4. The standard InChI is InChI=1S/C26H32O3/c1-17(14-18-6-8-21(24(28)29)20(15-18)10-13-27)19-7-9-22-23(16-19)26(4,5)12-11-25(22,2)3/h6-9,14-16,27H,10-13H2,1-5H3,(H,28,29). The van der Waals surface area contributed by atoms with Gasteiger partial charge < -0.3 is 10.2 Å². The highest BCUT2D eigenvalue weighted by Crippen LogP contribution is 2.46. The number of rotatable bonds is 5. The van der Waals surface area contributed by atoms with Gasteiger partial charge in [0.2, 0.25) is 0 Å². The predicted molar refractivity (Wildman–Crippen MR) is 119 cm³/mol. The Bertz CT molecular complexity index is 964. The lowest BCUT2D eigenvalue weighted by Gasteiger charge is -2.42. The SMILES string of the molecule is CC(=Cc1ccc(C(=O)O)c(CCO)c1)c1ccc2c(c1)C(C)(C)CCC2(C)C. The van der Waals surface area contributed by atoms with Crippen LogP contribution in [0.15, 0.2) is 36.4 Å². The molecule has 0 unspecified atom stereocenters. The van der Waals surface area contributed by atoms with Gasteiger partial charge in [0, 0.05) is 6.61 Å². The first-order chi connectivity index (χ1) is 13.5. The minimum Gasteiger partial charge on any atom is -0.478 e. The molecule has 0 bridgehead atoms. The Kier molecular flexibility index (Phi) is 5.73. The number of carboxylic acids is 1. The number of benzene rings is 2. The molecular weight excluding hydrogens is 360 g/mol. The number of carboxylic acid groups (broad SMARTS) is 1. The Labute approximate surface area is 174 Å². The Morgan fingerprint density at radius 3 is 2.28 bits per heavy atom. The molecule has 3 rings (SSSR count). The molecule has 0 fully saturated rings. The van der Waals surface area contributed by atoms with Gasteiger partial charge in [0.15, 0.2) is 0 Å². The second kappa shape index (κ2) is 7.79. The van der Waals surface area contributed by atoms with Crippen LogP contribution in [0.25, 0.3) is 11.6 Å². The first-order valence-corrected chi connectivity index (χ1v) is 10.4. The summed E-state index contributed by atoms with van der Waals surface area (Å²) in [5, 5.41) is 18.6. The van der Waals surface area contributed by atoms with E-state index in [-0.39, 0.29) is 23.0 Å². The lowest BCUT2D eigenvalue weighted by molar-refractivity contribution is 0.0695. The maximum absolute atomic E-state index is 11.4. The highest BCUT2D eigenvalue weighted by Gasteiger charge is 2.36. The first-order valence-electron chi connectivity index (χ1n) is 10.4. The molecule has 0 radical (unpaired) electrons. The average molecular weight is 393 g/mol. The number of aromatic carboxylic acids is 1. The molecule has 154 valence electrons. The fourth-order valence-electron chi connectivity index (χ4n) is 4.41. The molecule has 0 aromatic heterocycles. The second-order valence-corrected chi connectivity index (χ2v) is 9.55. The van der Waals surface area contributed by atoms with Gasteiger partial charge in [-0.05, 0) is 76.5 Å². The van der Waals surface area contributed by atoms with E-state index in [1.54, 1.807) is 6.07 Å². The van der Waals surface area contributed by atoms with Crippen LogP contribution in [0.1, 0.15) is 85.6 Å². The van der Waals surface area contributed by atoms with Crippen molar-refractivity contribution >= 4 is 17.6 Å². The van der Waals surface area contributed by atoms with Crippen LogP contribution < -0.4 is 0 Å². The highest BCUT2D eigenvalue weighted by molar-refractivity contribution is 5.90. The van der Waals surface area contributed by atoms with Crippen LogP contribution in [0.3, 0.4) is 0 Å². The van der Waals surface area contributed by atoms with Crippen LogP contribution >= 0.6 is 0 Å². The van der Waals surface area contributed by atoms with Gasteiger partial charge in [0.05, 0.1) is 5.56 Å². The quantitative estimate of drug-likeness (QED) is 0.630. The number of aliphatic hydroxyl groups is 1. The molecule has 1 aliphatic carbocycles. The molecule has 3 heteroatoms. The zero-order valence-corrected chi connectivity index (χ0v) is 18.2. The van der Waals surface area contributed by atoms with Crippen LogP contribution in [0, 0.1) is 0 Å². The van der Waals surface area contributed by atoms with Gasteiger partial charge in [-0.25, -0.2) is 4.79 Å². The van der Waals surface area contributed by atoms with Gasteiger partial charge in [0.25, 0.3) is 0 Å². The number of allylic oxidation sites excluding steroid dienone is 1. The number of hydrogen-bond donors (Lipinski definition) is 2. The molecule has 0 spiro atoms. The van der Waals surface area contributed by atoms with E-state index in [1.165, 1.54) is 29.5 Å². The highest BCUT2D eigenvalue weighted by atomic mass is 16.4. The molecule has 0 heterocycles. The number of carbonyl (C=O) groups is 1. The van der Waals surface area contributed by atoms with Crippen molar-refractivity contribution in [2.75, 3.05) is 6.61 Å². The number of aliphatic hydroxyl groups excluding tert-OH is 1. The molecule has 3 nitrogen and oxygen atoms in total. The normalized spacial score (nSPS) is 17.7. The smallest absolute Gasteiger partial charge is 0.335 e. The van der Waals surface area contributed by atoms with Crippen LogP contribution in [0.2, 0.25) is 0 Å². The third kappa shape index (κ3) is 4.30. The van der Waals surface area contributed by atoms with Crippen molar-refractivity contribution in [3.05, 3.63) is 69.8 Å². The van der Waals surface area contributed by atoms with Crippen molar-refractivity contribution in [1.82, 2.24) is 0 Å². The van der Waals surface area contributed by atoms with Gasteiger partial charge in [0.1, 0.15) is 0 Å². The molecule has 2 aromatic carbocycles. The minimum absolute atomic E-state index is 0.0673. The molecule has 0 amide bonds. The van der Waals surface area contributed by atoms with Crippen molar-refractivity contribution in [2.24, 2.45) is 0 Å². The van der Waals surface area contributed by atoms with E-state index >= 15 is 0 Å². The molecule has 0 saturated carbocycles. The lowest BCUT2D eigenvalue weighted by atomic mass is 9.63. The molecule has 2 N–H and O–H groups in total. The summed E-state index contributed by atoms with van der Waals surface area (Å²) in [4.78, 5) is 11.4. The van der Waals surface area contributed by atoms with Gasteiger partial charge in [-0.1, -0.05) is 64.1 Å². The summed E-state index contributed by atoms with van der Waals surface area (Å²) in [6.07, 6.45) is 4.81. The second-order valence-electron chi connectivity index (χ2n) is 9.55. The maximum atomic E-state index is 11.4. The van der Waals surface area contributed by atoms with Crippen molar-refractivity contribution in [1.29, 1.82) is 0 Å². The molecule has 2 aromatic rings. The molecule has 0 atom stereocenters. The fourth-order valence-corrected chi connectivity index (χ4v) is 4.41. The third-order valence-electron chi connectivity index (χ3n) is 6.43. The summed E-state index contributed by atoms with van der Waals surface area (Å²) in [7, 11) is 0. The Morgan fingerprint density at radius 2 is 1.66 bits per heavy atom. The lowest BCUT2D eigenvalue weighted by Crippen LogP contribution is -2.33. The first kappa shape index (κ1) is 21.3. The van der Waals surface area contributed by atoms with E-state index < -0.39 is 5.97 Å². The Balaban J connectivity index is 2.01. The summed E-state index contributed by atoms with van der Waals surface area (Å²) in [5.74, 6) is -0.958. The predicted octanol–water partition coefficient (Wildman–Crippen LogP) is 5.83. The topological polar surface area (TPSA) is 57.5 Å². The van der Waals surface area contributed by atoms with E-state index in [2.05, 4.69) is 58.9 Å². The van der Waals surface area contributed by atoms with E-state index in [0.717, 1.165) is 11.1 Å². The summed E-state index contributed by atoms with van der Waals surface area (Å²) in [6.45, 7) is 11.3. The van der Waals surface area contributed by atoms with E-state index in [9.17, 15) is 15.0 Å². The van der Waals surface area contributed by atoms with Gasteiger partial charge >= 0.3 is 5.97 Å². The molecule has 0 saturated heterocycles. The van der Waals surface area contributed by atoms with Crippen molar-refractivity contribution in [3.8, 4) is 0 Å². The van der Waals surface area contributed by atoms with E-state index in [1.807, 2.05) is 12.1 Å². The van der Waals surface area contributed by atoms with Crippen LogP contribution in [-0.2, 0) is 17.3 Å². The third-order valence-corrected chi connectivity index (χ3v) is 6.43.